The van der Waals surface area contributed by atoms with Gasteiger partial charge in [0.2, 0.25) is 0 Å². The maximum Gasteiger partial charge on any atom is 0.139 e. The highest BCUT2D eigenvalue weighted by Crippen LogP contribution is 2.34. The summed E-state index contributed by atoms with van der Waals surface area (Å²) in [6, 6.07) is 3.92. The lowest BCUT2D eigenvalue weighted by Crippen LogP contribution is -2.30. The molecular formula is C12H14Cl3NO. The van der Waals surface area contributed by atoms with Gasteiger partial charge in [0.25, 0.3) is 0 Å². The standard InChI is InChI=1S/C12H14Cl3NO/c1-7(6-16-8-2-3-8)17-12-5-10(14)9(13)4-11(12)15/h4-5,7-8,16H,2-3,6H2,1H3. The van der Waals surface area contributed by atoms with Crippen LogP contribution in [0.3, 0.4) is 0 Å². The molecule has 94 valence electrons. The van der Waals surface area contributed by atoms with E-state index in [1.807, 2.05) is 6.92 Å². The third kappa shape index (κ3) is 3.92. The van der Waals surface area contributed by atoms with Crippen LogP contribution in [-0.2, 0) is 0 Å². The smallest absolute Gasteiger partial charge is 0.139 e. The molecule has 17 heavy (non-hydrogen) atoms. The summed E-state index contributed by atoms with van der Waals surface area (Å²) in [7, 11) is 0. The summed E-state index contributed by atoms with van der Waals surface area (Å²) in [5, 5.41) is 4.77. The molecular weight excluding hydrogens is 280 g/mol. The molecule has 2 nitrogen and oxygen atoms in total. The van der Waals surface area contributed by atoms with Crippen molar-refractivity contribution in [2.45, 2.75) is 31.9 Å². The Balaban J connectivity index is 1.94. The van der Waals surface area contributed by atoms with Crippen molar-refractivity contribution in [3.63, 3.8) is 0 Å². The zero-order valence-electron chi connectivity index (χ0n) is 9.47. The van der Waals surface area contributed by atoms with Crippen LogP contribution in [0, 0.1) is 0 Å². The Kier molecular flexibility index (Phi) is 4.42. The van der Waals surface area contributed by atoms with E-state index in [-0.39, 0.29) is 6.10 Å². The van der Waals surface area contributed by atoms with Crippen LogP contribution in [0.5, 0.6) is 5.75 Å². The van der Waals surface area contributed by atoms with Crippen molar-refractivity contribution in [2.75, 3.05) is 6.54 Å². The Morgan fingerprint density at radius 3 is 2.53 bits per heavy atom. The van der Waals surface area contributed by atoms with Gasteiger partial charge in [-0.3, -0.25) is 0 Å². The normalized spacial score (nSPS) is 16.9. The molecule has 0 heterocycles. The average molecular weight is 295 g/mol. The Morgan fingerprint density at radius 2 is 1.88 bits per heavy atom. The van der Waals surface area contributed by atoms with Gasteiger partial charge in [0.1, 0.15) is 11.9 Å². The van der Waals surface area contributed by atoms with Gasteiger partial charge in [-0.1, -0.05) is 34.8 Å². The summed E-state index contributed by atoms with van der Waals surface area (Å²) in [5.41, 5.74) is 0. The average Bonchev–Trinajstić information content (AvgIpc) is 3.07. The van der Waals surface area contributed by atoms with E-state index >= 15 is 0 Å². The number of hydrogen-bond acceptors (Lipinski definition) is 2. The van der Waals surface area contributed by atoms with Crippen LogP contribution in [0.4, 0.5) is 0 Å². The number of nitrogens with one attached hydrogen (secondary N) is 1. The van der Waals surface area contributed by atoms with E-state index in [4.69, 9.17) is 39.5 Å². The minimum atomic E-state index is 0.0466. The molecule has 1 aromatic carbocycles. The van der Waals surface area contributed by atoms with Crippen LogP contribution in [0.15, 0.2) is 12.1 Å². The predicted molar refractivity (Wildman–Crippen MR) is 72.6 cm³/mol. The number of hydrogen-bond donors (Lipinski definition) is 1. The molecule has 0 saturated heterocycles. The second-order valence-electron chi connectivity index (χ2n) is 4.31. The van der Waals surface area contributed by atoms with Gasteiger partial charge < -0.3 is 10.1 Å². The van der Waals surface area contributed by atoms with Crippen molar-refractivity contribution < 1.29 is 4.74 Å². The first-order valence-electron chi connectivity index (χ1n) is 5.61. The van der Waals surface area contributed by atoms with E-state index in [0.29, 0.717) is 26.9 Å². The van der Waals surface area contributed by atoms with Gasteiger partial charge in [0.05, 0.1) is 15.1 Å². The van der Waals surface area contributed by atoms with Gasteiger partial charge in [-0.2, -0.15) is 0 Å². The fourth-order valence-corrected chi connectivity index (χ4v) is 2.05. The van der Waals surface area contributed by atoms with Crippen LogP contribution in [0.1, 0.15) is 19.8 Å². The van der Waals surface area contributed by atoms with Crippen molar-refractivity contribution >= 4 is 34.8 Å². The van der Waals surface area contributed by atoms with Crippen LogP contribution in [0.25, 0.3) is 0 Å². The van der Waals surface area contributed by atoms with Crippen LogP contribution >= 0.6 is 34.8 Å². The summed E-state index contributed by atoms with van der Waals surface area (Å²) in [5.74, 6) is 0.575. The van der Waals surface area contributed by atoms with Gasteiger partial charge in [-0.25, -0.2) is 0 Å². The largest absolute Gasteiger partial charge is 0.488 e. The van der Waals surface area contributed by atoms with E-state index in [9.17, 15) is 0 Å². The fraction of sp³-hybridized carbons (Fsp3) is 0.500. The Bertz CT molecular complexity index is 407. The lowest BCUT2D eigenvalue weighted by Gasteiger charge is -2.16. The molecule has 1 aliphatic carbocycles. The highest BCUT2D eigenvalue weighted by atomic mass is 35.5. The second kappa shape index (κ2) is 5.66. The Labute approximate surface area is 116 Å². The van der Waals surface area contributed by atoms with Gasteiger partial charge in [-0.15, -0.1) is 0 Å². The molecule has 1 aromatic rings. The van der Waals surface area contributed by atoms with Crippen molar-refractivity contribution in [1.82, 2.24) is 5.32 Å². The van der Waals surface area contributed by atoms with E-state index in [0.717, 1.165) is 6.54 Å². The van der Waals surface area contributed by atoms with Crippen LogP contribution in [-0.4, -0.2) is 18.7 Å². The van der Waals surface area contributed by atoms with E-state index in [1.54, 1.807) is 12.1 Å². The summed E-state index contributed by atoms with van der Waals surface area (Å²) >= 11 is 17.8. The first kappa shape index (κ1) is 13.3. The number of benzene rings is 1. The monoisotopic (exact) mass is 293 g/mol. The molecule has 0 bridgehead atoms. The molecule has 1 unspecified atom stereocenters. The zero-order valence-corrected chi connectivity index (χ0v) is 11.7. The summed E-state index contributed by atoms with van der Waals surface area (Å²) in [6.45, 7) is 2.80. The molecule has 1 atom stereocenters. The maximum absolute atomic E-state index is 6.03. The predicted octanol–water partition coefficient (Wildman–Crippen LogP) is 4.17. The van der Waals surface area contributed by atoms with Gasteiger partial charge in [0, 0.05) is 18.7 Å². The Hall–Kier alpha value is -0.150. The molecule has 0 amide bonds. The Morgan fingerprint density at radius 1 is 1.24 bits per heavy atom. The van der Waals surface area contributed by atoms with E-state index in [1.165, 1.54) is 12.8 Å². The fourth-order valence-electron chi connectivity index (χ4n) is 1.47. The molecule has 2 rings (SSSR count). The first-order chi connectivity index (χ1) is 8.06. The molecule has 0 aromatic heterocycles. The molecule has 0 aliphatic heterocycles. The molecule has 0 spiro atoms. The van der Waals surface area contributed by atoms with Crippen LogP contribution < -0.4 is 10.1 Å². The van der Waals surface area contributed by atoms with Crippen molar-refractivity contribution in [3.8, 4) is 5.75 Å². The van der Waals surface area contributed by atoms with Crippen molar-refractivity contribution in [2.24, 2.45) is 0 Å². The quantitative estimate of drug-likeness (QED) is 0.823. The summed E-state index contributed by atoms with van der Waals surface area (Å²) in [4.78, 5) is 0. The lowest BCUT2D eigenvalue weighted by atomic mass is 10.3. The second-order valence-corrected chi connectivity index (χ2v) is 5.53. The van der Waals surface area contributed by atoms with E-state index in [2.05, 4.69) is 5.32 Å². The molecule has 1 fully saturated rings. The number of ether oxygens (including phenoxy) is 1. The highest BCUT2D eigenvalue weighted by Gasteiger charge is 2.21. The van der Waals surface area contributed by atoms with Crippen molar-refractivity contribution in [1.29, 1.82) is 0 Å². The molecule has 0 radical (unpaired) electrons. The maximum atomic E-state index is 6.03. The van der Waals surface area contributed by atoms with Gasteiger partial charge in [0.15, 0.2) is 0 Å². The van der Waals surface area contributed by atoms with E-state index < -0.39 is 0 Å². The SMILES string of the molecule is CC(CNC1CC1)Oc1cc(Cl)c(Cl)cc1Cl. The molecule has 1 N–H and O–H groups in total. The molecule has 5 heteroatoms. The number of halogens is 3. The third-order valence-corrected chi connectivity index (χ3v) is 3.59. The lowest BCUT2D eigenvalue weighted by molar-refractivity contribution is 0.217. The van der Waals surface area contributed by atoms with Gasteiger partial charge in [-0.05, 0) is 25.8 Å². The third-order valence-electron chi connectivity index (χ3n) is 2.57. The number of rotatable bonds is 5. The summed E-state index contributed by atoms with van der Waals surface area (Å²) < 4.78 is 5.72. The first-order valence-corrected chi connectivity index (χ1v) is 6.74. The minimum Gasteiger partial charge on any atom is -0.488 e. The topological polar surface area (TPSA) is 21.3 Å². The molecule has 1 aliphatic rings. The van der Waals surface area contributed by atoms with Crippen LogP contribution in [0.2, 0.25) is 15.1 Å². The zero-order chi connectivity index (χ0) is 12.4. The summed E-state index contributed by atoms with van der Waals surface area (Å²) in [6.07, 6.45) is 2.57. The van der Waals surface area contributed by atoms with Crippen molar-refractivity contribution in [3.05, 3.63) is 27.2 Å². The molecule has 1 saturated carbocycles. The highest BCUT2D eigenvalue weighted by molar-refractivity contribution is 6.43. The van der Waals surface area contributed by atoms with Gasteiger partial charge >= 0.3 is 0 Å². The minimum absolute atomic E-state index is 0.0466.